The van der Waals surface area contributed by atoms with Crippen LogP contribution in [0, 0.1) is 5.92 Å². The molecular formula is C14H17NO2. The first-order valence-electron chi connectivity index (χ1n) is 5.97. The SMILES string of the molecule is CCC1CC(C(=O)OC)C(c2ccccc2)=N1. The van der Waals surface area contributed by atoms with Crippen LogP contribution in [0.4, 0.5) is 0 Å². The Balaban J connectivity index is 2.31. The maximum atomic E-state index is 11.8. The van der Waals surface area contributed by atoms with Crippen molar-refractivity contribution in [1.82, 2.24) is 0 Å². The lowest BCUT2D eigenvalue weighted by atomic mass is 9.94. The molecule has 0 radical (unpaired) electrons. The number of ether oxygens (including phenoxy) is 1. The fraction of sp³-hybridized carbons (Fsp3) is 0.429. The van der Waals surface area contributed by atoms with Crippen LogP contribution in [0.5, 0.6) is 0 Å². The van der Waals surface area contributed by atoms with Crippen molar-refractivity contribution in [3.8, 4) is 0 Å². The number of carbonyl (C=O) groups excluding carboxylic acids is 1. The van der Waals surface area contributed by atoms with Gasteiger partial charge in [-0.3, -0.25) is 9.79 Å². The fourth-order valence-corrected chi connectivity index (χ4v) is 2.22. The largest absolute Gasteiger partial charge is 0.469 e. The number of carbonyl (C=O) groups is 1. The van der Waals surface area contributed by atoms with Crippen LogP contribution in [-0.2, 0) is 9.53 Å². The monoisotopic (exact) mass is 231 g/mol. The predicted octanol–water partition coefficient (Wildman–Crippen LogP) is 2.45. The van der Waals surface area contributed by atoms with E-state index in [1.165, 1.54) is 7.11 Å². The molecular weight excluding hydrogens is 214 g/mol. The second-order valence-electron chi connectivity index (χ2n) is 4.25. The lowest BCUT2D eigenvalue weighted by Crippen LogP contribution is -2.23. The molecule has 0 aliphatic carbocycles. The van der Waals surface area contributed by atoms with Gasteiger partial charge in [-0.15, -0.1) is 0 Å². The summed E-state index contributed by atoms with van der Waals surface area (Å²) in [5.74, 6) is -0.379. The van der Waals surface area contributed by atoms with Gasteiger partial charge < -0.3 is 4.74 Å². The lowest BCUT2D eigenvalue weighted by molar-refractivity contribution is -0.143. The van der Waals surface area contributed by atoms with Crippen molar-refractivity contribution in [3.05, 3.63) is 35.9 Å². The zero-order valence-corrected chi connectivity index (χ0v) is 10.2. The minimum absolute atomic E-state index is 0.177. The highest BCUT2D eigenvalue weighted by Crippen LogP contribution is 2.27. The Hall–Kier alpha value is -1.64. The summed E-state index contributed by atoms with van der Waals surface area (Å²) in [5.41, 5.74) is 1.91. The minimum atomic E-state index is -0.202. The van der Waals surface area contributed by atoms with Crippen molar-refractivity contribution in [3.63, 3.8) is 0 Å². The Labute approximate surface area is 102 Å². The Morgan fingerprint density at radius 1 is 1.41 bits per heavy atom. The standard InChI is InChI=1S/C14H17NO2/c1-3-11-9-12(14(16)17-2)13(15-11)10-7-5-4-6-8-10/h4-8,11-12H,3,9H2,1-2H3. The average molecular weight is 231 g/mol. The molecule has 1 aliphatic heterocycles. The zero-order valence-electron chi connectivity index (χ0n) is 10.2. The van der Waals surface area contributed by atoms with E-state index in [0.29, 0.717) is 0 Å². The first-order valence-corrected chi connectivity index (χ1v) is 5.97. The van der Waals surface area contributed by atoms with Crippen LogP contribution in [0.25, 0.3) is 0 Å². The molecule has 0 saturated carbocycles. The molecule has 0 amide bonds. The summed E-state index contributed by atoms with van der Waals surface area (Å²) >= 11 is 0. The maximum absolute atomic E-state index is 11.8. The molecule has 0 N–H and O–H groups in total. The Kier molecular flexibility index (Phi) is 3.57. The summed E-state index contributed by atoms with van der Waals surface area (Å²) in [5, 5.41) is 0. The van der Waals surface area contributed by atoms with E-state index in [1.807, 2.05) is 30.3 Å². The number of rotatable bonds is 3. The Bertz CT molecular complexity index is 425. The number of esters is 1. The lowest BCUT2D eigenvalue weighted by Gasteiger charge is -2.10. The smallest absolute Gasteiger partial charge is 0.314 e. The van der Waals surface area contributed by atoms with Gasteiger partial charge >= 0.3 is 5.97 Å². The van der Waals surface area contributed by atoms with Gasteiger partial charge in [0.05, 0.1) is 18.9 Å². The summed E-state index contributed by atoms with van der Waals surface area (Å²) in [7, 11) is 1.43. The van der Waals surface area contributed by atoms with Gasteiger partial charge in [-0.05, 0) is 18.4 Å². The number of hydrogen-bond acceptors (Lipinski definition) is 3. The third kappa shape index (κ3) is 2.38. The van der Waals surface area contributed by atoms with E-state index in [1.54, 1.807) is 0 Å². The van der Waals surface area contributed by atoms with Crippen LogP contribution in [0.2, 0.25) is 0 Å². The van der Waals surface area contributed by atoms with E-state index in [9.17, 15) is 4.79 Å². The number of methoxy groups -OCH3 is 1. The Morgan fingerprint density at radius 3 is 2.71 bits per heavy atom. The summed E-state index contributed by atoms with van der Waals surface area (Å²) in [6.07, 6.45) is 1.73. The molecule has 3 heteroatoms. The van der Waals surface area contributed by atoms with E-state index in [-0.39, 0.29) is 17.9 Å². The van der Waals surface area contributed by atoms with E-state index >= 15 is 0 Å². The van der Waals surface area contributed by atoms with Crippen molar-refractivity contribution >= 4 is 11.7 Å². The number of nitrogens with zero attached hydrogens (tertiary/aromatic N) is 1. The highest BCUT2D eigenvalue weighted by molar-refractivity contribution is 6.13. The molecule has 1 heterocycles. The van der Waals surface area contributed by atoms with Crippen molar-refractivity contribution in [1.29, 1.82) is 0 Å². The van der Waals surface area contributed by atoms with Crippen LogP contribution in [-0.4, -0.2) is 24.8 Å². The Morgan fingerprint density at radius 2 is 2.12 bits per heavy atom. The molecule has 2 unspecified atom stereocenters. The van der Waals surface area contributed by atoms with Crippen LogP contribution in [0.15, 0.2) is 35.3 Å². The highest BCUT2D eigenvalue weighted by atomic mass is 16.5. The fourth-order valence-electron chi connectivity index (χ4n) is 2.22. The van der Waals surface area contributed by atoms with Gasteiger partial charge in [0.15, 0.2) is 0 Å². The molecule has 1 aromatic rings. The first kappa shape index (κ1) is 11.8. The molecule has 2 atom stereocenters. The molecule has 2 rings (SSSR count). The van der Waals surface area contributed by atoms with E-state index in [4.69, 9.17) is 4.74 Å². The summed E-state index contributed by atoms with van der Waals surface area (Å²) in [4.78, 5) is 16.4. The van der Waals surface area contributed by atoms with Crippen LogP contribution in [0.1, 0.15) is 25.3 Å². The molecule has 0 bridgehead atoms. The van der Waals surface area contributed by atoms with Gasteiger partial charge in [0.1, 0.15) is 5.92 Å². The molecule has 0 fully saturated rings. The normalized spacial score (nSPS) is 23.3. The quantitative estimate of drug-likeness (QED) is 0.749. The maximum Gasteiger partial charge on any atom is 0.314 e. The third-order valence-corrected chi connectivity index (χ3v) is 3.19. The van der Waals surface area contributed by atoms with Gasteiger partial charge in [0.25, 0.3) is 0 Å². The number of hydrogen-bond donors (Lipinski definition) is 0. The average Bonchev–Trinajstić information content (AvgIpc) is 2.83. The van der Waals surface area contributed by atoms with E-state index in [2.05, 4.69) is 11.9 Å². The minimum Gasteiger partial charge on any atom is -0.469 e. The molecule has 17 heavy (non-hydrogen) atoms. The molecule has 0 spiro atoms. The summed E-state index contributed by atoms with van der Waals surface area (Å²) < 4.78 is 4.86. The zero-order chi connectivity index (χ0) is 12.3. The number of benzene rings is 1. The second kappa shape index (κ2) is 5.13. The third-order valence-electron chi connectivity index (χ3n) is 3.19. The van der Waals surface area contributed by atoms with Gasteiger partial charge in [0, 0.05) is 0 Å². The molecule has 0 saturated heterocycles. The second-order valence-corrected chi connectivity index (χ2v) is 4.25. The first-order chi connectivity index (χ1) is 8.26. The van der Waals surface area contributed by atoms with Crippen molar-refractivity contribution in [2.75, 3.05) is 7.11 Å². The van der Waals surface area contributed by atoms with Crippen molar-refractivity contribution in [2.45, 2.75) is 25.8 Å². The molecule has 1 aliphatic rings. The van der Waals surface area contributed by atoms with E-state index < -0.39 is 0 Å². The topological polar surface area (TPSA) is 38.7 Å². The van der Waals surface area contributed by atoms with Crippen molar-refractivity contribution in [2.24, 2.45) is 10.9 Å². The van der Waals surface area contributed by atoms with Crippen LogP contribution < -0.4 is 0 Å². The molecule has 3 nitrogen and oxygen atoms in total. The summed E-state index contributed by atoms with van der Waals surface area (Å²) in [6.45, 7) is 2.09. The number of aliphatic imine (C=N–C) groups is 1. The van der Waals surface area contributed by atoms with Gasteiger partial charge in [0.2, 0.25) is 0 Å². The van der Waals surface area contributed by atoms with Crippen LogP contribution in [0.3, 0.4) is 0 Å². The van der Waals surface area contributed by atoms with Gasteiger partial charge in [-0.2, -0.15) is 0 Å². The van der Waals surface area contributed by atoms with Crippen LogP contribution >= 0.6 is 0 Å². The molecule has 0 aromatic heterocycles. The van der Waals surface area contributed by atoms with Crippen molar-refractivity contribution < 1.29 is 9.53 Å². The predicted molar refractivity (Wildman–Crippen MR) is 67.2 cm³/mol. The summed E-state index contributed by atoms with van der Waals surface area (Å²) in [6, 6.07) is 10.1. The van der Waals surface area contributed by atoms with Gasteiger partial charge in [-0.1, -0.05) is 37.3 Å². The highest BCUT2D eigenvalue weighted by Gasteiger charge is 2.34. The molecule has 1 aromatic carbocycles. The van der Waals surface area contributed by atoms with E-state index in [0.717, 1.165) is 24.1 Å². The van der Waals surface area contributed by atoms with Gasteiger partial charge in [-0.25, -0.2) is 0 Å². The molecule has 90 valence electrons.